The molecule has 0 radical (unpaired) electrons. The fourth-order valence-corrected chi connectivity index (χ4v) is 3.30. The van der Waals surface area contributed by atoms with Crippen LogP contribution in [0.25, 0.3) is 0 Å². The minimum atomic E-state index is 0.151. The zero-order valence-corrected chi connectivity index (χ0v) is 12.7. The number of ether oxygens (including phenoxy) is 2. The Kier molecular flexibility index (Phi) is 4.19. The lowest BCUT2D eigenvalue weighted by atomic mass is 9.71. The van der Waals surface area contributed by atoms with Crippen LogP contribution in [0.2, 0.25) is 5.15 Å². The van der Waals surface area contributed by atoms with E-state index >= 15 is 0 Å². The lowest BCUT2D eigenvalue weighted by Crippen LogP contribution is -2.34. The largest absolute Gasteiger partial charge is 0.489 e. The highest BCUT2D eigenvalue weighted by Gasteiger charge is 2.34. The molecule has 2 unspecified atom stereocenters. The summed E-state index contributed by atoms with van der Waals surface area (Å²) in [5.41, 5.74) is 0.298. The highest BCUT2D eigenvalue weighted by atomic mass is 35.5. The molecule has 2 rings (SSSR count). The molecule has 5 heteroatoms. The third kappa shape index (κ3) is 3.50. The number of nitrogens with zero attached hydrogens (tertiary/aromatic N) is 2. The molecule has 0 aliphatic heterocycles. The second-order valence-corrected chi connectivity index (χ2v) is 6.51. The second-order valence-electron chi connectivity index (χ2n) is 6.16. The van der Waals surface area contributed by atoms with Crippen molar-refractivity contribution in [1.82, 2.24) is 9.97 Å². The third-order valence-electron chi connectivity index (χ3n) is 3.56. The molecule has 0 amide bonds. The average molecular weight is 285 g/mol. The molecule has 1 aliphatic carbocycles. The number of hydrogen-bond donors (Lipinski definition) is 0. The van der Waals surface area contributed by atoms with Crippen LogP contribution < -0.4 is 9.47 Å². The van der Waals surface area contributed by atoms with Gasteiger partial charge in [-0.15, -0.1) is 0 Å². The lowest BCUT2D eigenvalue weighted by molar-refractivity contribution is 0.0511. The molecule has 0 N–H and O–H groups in total. The van der Waals surface area contributed by atoms with E-state index in [1.807, 2.05) is 0 Å². The fraction of sp³-hybridized carbons (Fsp3) is 0.714. The molecule has 2 atom stereocenters. The maximum Gasteiger partial charge on any atom is 0.262 e. The van der Waals surface area contributed by atoms with E-state index in [2.05, 4.69) is 30.7 Å². The first kappa shape index (κ1) is 14.4. The molecule has 1 saturated carbocycles. The molecule has 0 saturated heterocycles. The number of aromatic nitrogens is 2. The van der Waals surface area contributed by atoms with Crippen molar-refractivity contribution >= 4 is 11.6 Å². The van der Waals surface area contributed by atoms with E-state index in [9.17, 15) is 0 Å². The predicted octanol–water partition coefficient (Wildman–Crippen LogP) is 3.73. The number of rotatable bonds is 3. The summed E-state index contributed by atoms with van der Waals surface area (Å²) in [6.07, 6.45) is 4.83. The Hall–Kier alpha value is -1.03. The van der Waals surface area contributed by atoms with E-state index in [4.69, 9.17) is 21.1 Å². The highest BCUT2D eigenvalue weighted by Crippen LogP contribution is 2.41. The first-order valence-electron chi connectivity index (χ1n) is 6.62. The van der Waals surface area contributed by atoms with E-state index in [0.717, 1.165) is 12.8 Å². The van der Waals surface area contributed by atoms with Gasteiger partial charge in [0.15, 0.2) is 5.15 Å². The summed E-state index contributed by atoms with van der Waals surface area (Å²) in [6, 6.07) is 0. The van der Waals surface area contributed by atoms with Crippen LogP contribution in [0.15, 0.2) is 6.33 Å². The van der Waals surface area contributed by atoms with Crippen LogP contribution in [0, 0.1) is 11.3 Å². The molecule has 1 aliphatic rings. The summed E-state index contributed by atoms with van der Waals surface area (Å²) in [6.45, 7) is 6.83. The first-order chi connectivity index (χ1) is 8.91. The van der Waals surface area contributed by atoms with Gasteiger partial charge in [-0.2, -0.15) is 4.98 Å². The van der Waals surface area contributed by atoms with Crippen LogP contribution in [-0.4, -0.2) is 23.2 Å². The molecular formula is C14H21ClN2O2. The Balaban J connectivity index is 2.15. The first-order valence-corrected chi connectivity index (χ1v) is 7.00. The van der Waals surface area contributed by atoms with Crippen LogP contribution >= 0.6 is 11.6 Å². The van der Waals surface area contributed by atoms with Crippen LogP contribution in [0.1, 0.15) is 40.0 Å². The summed E-state index contributed by atoms with van der Waals surface area (Å²) in [4.78, 5) is 8.03. The average Bonchev–Trinajstić information content (AvgIpc) is 2.26. The SMILES string of the molecule is COc1c(Cl)ncnc1OC1CC(C)CC(C)(C)C1. The maximum atomic E-state index is 6.00. The summed E-state index contributed by atoms with van der Waals surface area (Å²) >= 11 is 5.98. The van der Waals surface area contributed by atoms with Crippen LogP contribution in [-0.2, 0) is 0 Å². The van der Waals surface area contributed by atoms with Gasteiger partial charge in [0.1, 0.15) is 12.4 Å². The molecular weight excluding hydrogens is 264 g/mol. The van der Waals surface area contributed by atoms with Gasteiger partial charge >= 0.3 is 0 Å². The van der Waals surface area contributed by atoms with Gasteiger partial charge in [0.05, 0.1) is 7.11 Å². The smallest absolute Gasteiger partial charge is 0.262 e. The van der Waals surface area contributed by atoms with Crippen molar-refractivity contribution in [1.29, 1.82) is 0 Å². The van der Waals surface area contributed by atoms with Crippen molar-refractivity contribution in [2.75, 3.05) is 7.11 Å². The zero-order chi connectivity index (χ0) is 14.0. The number of halogens is 1. The summed E-state index contributed by atoms with van der Waals surface area (Å²) in [5, 5.41) is 0.288. The van der Waals surface area contributed by atoms with Gasteiger partial charge in [-0.05, 0) is 30.6 Å². The van der Waals surface area contributed by atoms with Crippen molar-refractivity contribution in [3.63, 3.8) is 0 Å². The van der Waals surface area contributed by atoms with Gasteiger partial charge in [0.2, 0.25) is 5.75 Å². The quantitative estimate of drug-likeness (QED) is 0.793. The van der Waals surface area contributed by atoms with Crippen LogP contribution in [0.3, 0.4) is 0 Å². The Morgan fingerprint density at radius 2 is 2.05 bits per heavy atom. The van der Waals surface area contributed by atoms with Gasteiger partial charge in [0, 0.05) is 0 Å². The molecule has 1 heterocycles. The molecule has 4 nitrogen and oxygen atoms in total. The van der Waals surface area contributed by atoms with Gasteiger partial charge in [-0.1, -0.05) is 32.4 Å². The molecule has 0 bridgehead atoms. The monoisotopic (exact) mass is 284 g/mol. The molecule has 0 spiro atoms. The molecule has 106 valence electrons. The number of hydrogen-bond acceptors (Lipinski definition) is 4. The molecule has 0 aromatic carbocycles. The zero-order valence-electron chi connectivity index (χ0n) is 11.9. The lowest BCUT2D eigenvalue weighted by Gasteiger charge is -2.38. The Morgan fingerprint density at radius 1 is 1.32 bits per heavy atom. The molecule has 1 fully saturated rings. The summed E-state index contributed by atoms with van der Waals surface area (Å²) in [7, 11) is 1.55. The minimum Gasteiger partial charge on any atom is -0.489 e. The van der Waals surface area contributed by atoms with Gasteiger partial charge in [-0.3, -0.25) is 0 Å². The topological polar surface area (TPSA) is 44.2 Å². The van der Waals surface area contributed by atoms with E-state index in [1.54, 1.807) is 7.11 Å². The van der Waals surface area contributed by atoms with Crippen molar-refractivity contribution in [2.45, 2.75) is 46.1 Å². The molecule has 1 aromatic heterocycles. The standard InChI is InChI=1S/C14H21ClN2O2/c1-9-5-10(7-14(2,3)6-9)19-13-11(18-4)12(15)16-8-17-13/h8-10H,5-7H2,1-4H3. The van der Waals surface area contributed by atoms with Crippen LogP contribution in [0.4, 0.5) is 0 Å². The summed E-state index contributed by atoms with van der Waals surface area (Å²) < 4.78 is 11.2. The van der Waals surface area contributed by atoms with E-state index in [0.29, 0.717) is 23.0 Å². The van der Waals surface area contributed by atoms with Crippen LogP contribution in [0.5, 0.6) is 11.6 Å². The predicted molar refractivity (Wildman–Crippen MR) is 74.8 cm³/mol. The normalized spacial score (nSPS) is 25.9. The van der Waals surface area contributed by atoms with E-state index in [-0.39, 0.29) is 11.3 Å². The minimum absolute atomic E-state index is 0.151. The van der Waals surface area contributed by atoms with Crippen molar-refractivity contribution in [2.24, 2.45) is 11.3 Å². The maximum absolute atomic E-state index is 6.00. The second kappa shape index (κ2) is 5.53. The highest BCUT2D eigenvalue weighted by molar-refractivity contribution is 6.31. The third-order valence-corrected chi connectivity index (χ3v) is 3.83. The van der Waals surface area contributed by atoms with Gasteiger partial charge < -0.3 is 9.47 Å². The fourth-order valence-electron chi connectivity index (χ4n) is 3.10. The van der Waals surface area contributed by atoms with Crippen molar-refractivity contribution < 1.29 is 9.47 Å². The van der Waals surface area contributed by atoms with E-state index < -0.39 is 0 Å². The number of methoxy groups -OCH3 is 1. The Morgan fingerprint density at radius 3 is 2.68 bits per heavy atom. The van der Waals surface area contributed by atoms with Crippen molar-refractivity contribution in [3.05, 3.63) is 11.5 Å². The Labute approximate surface area is 119 Å². The van der Waals surface area contributed by atoms with E-state index in [1.165, 1.54) is 12.7 Å². The van der Waals surface area contributed by atoms with Gasteiger partial charge in [-0.25, -0.2) is 4.98 Å². The Bertz CT molecular complexity index is 451. The summed E-state index contributed by atoms with van der Waals surface area (Å²) in [5.74, 6) is 1.51. The molecule has 1 aromatic rings. The molecule has 19 heavy (non-hydrogen) atoms. The van der Waals surface area contributed by atoms with Crippen molar-refractivity contribution in [3.8, 4) is 11.6 Å². The van der Waals surface area contributed by atoms with Gasteiger partial charge in [0.25, 0.3) is 5.88 Å².